The first-order valence-electron chi connectivity index (χ1n) is 5.84. The smallest absolute Gasteiger partial charge is 0.330 e. The minimum Gasteiger partial charge on any atom is -0.330 e. The molecule has 0 saturated heterocycles. The third kappa shape index (κ3) is 2.15. The molecule has 2 aromatic rings. The lowest BCUT2D eigenvalue weighted by atomic mass is 10.2. The molecule has 6 nitrogen and oxygen atoms in total. The van der Waals surface area contributed by atoms with E-state index < -0.39 is 0 Å². The first-order valence-corrected chi connectivity index (χ1v) is 6.22. The van der Waals surface area contributed by atoms with Gasteiger partial charge in [-0.2, -0.15) is 0 Å². The van der Waals surface area contributed by atoms with E-state index in [9.17, 15) is 9.59 Å². The SMILES string of the molecule is O=C1c2n[nH]c(=O)n2CCN1Cc1ccc(Cl)cc1. The minimum absolute atomic E-state index is 0.171. The molecule has 0 radical (unpaired) electrons. The van der Waals surface area contributed by atoms with E-state index >= 15 is 0 Å². The Morgan fingerprint density at radius 1 is 1.21 bits per heavy atom. The average molecular weight is 279 g/mol. The molecule has 1 aliphatic rings. The topological polar surface area (TPSA) is 71.0 Å². The van der Waals surface area contributed by atoms with Crippen molar-refractivity contribution in [3.8, 4) is 0 Å². The number of aromatic nitrogens is 3. The Morgan fingerprint density at radius 2 is 1.95 bits per heavy atom. The van der Waals surface area contributed by atoms with E-state index in [0.717, 1.165) is 5.56 Å². The fraction of sp³-hybridized carbons (Fsp3) is 0.250. The van der Waals surface area contributed by atoms with Crippen molar-refractivity contribution in [3.05, 3.63) is 51.2 Å². The number of halogens is 1. The summed E-state index contributed by atoms with van der Waals surface area (Å²) in [6.45, 7) is 1.44. The summed E-state index contributed by atoms with van der Waals surface area (Å²) in [5.41, 5.74) is 0.651. The highest BCUT2D eigenvalue weighted by Gasteiger charge is 2.27. The predicted octanol–water partition coefficient (Wildman–Crippen LogP) is 0.881. The van der Waals surface area contributed by atoms with Crippen LogP contribution in [0, 0.1) is 0 Å². The van der Waals surface area contributed by atoms with Crippen LogP contribution in [-0.2, 0) is 13.1 Å². The Kier molecular flexibility index (Phi) is 2.87. The zero-order valence-corrected chi connectivity index (χ0v) is 10.7. The third-order valence-corrected chi connectivity index (χ3v) is 3.37. The molecule has 0 fully saturated rings. The second-order valence-corrected chi connectivity index (χ2v) is 4.79. The Balaban J connectivity index is 1.82. The highest BCUT2D eigenvalue weighted by Crippen LogP contribution is 2.14. The maximum atomic E-state index is 12.2. The summed E-state index contributed by atoms with van der Waals surface area (Å²) in [6, 6.07) is 7.33. The largest absolute Gasteiger partial charge is 0.343 e. The zero-order valence-electron chi connectivity index (χ0n) is 9.97. The van der Waals surface area contributed by atoms with Gasteiger partial charge in [-0.3, -0.25) is 9.36 Å². The maximum absolute atomic E-state index is 12.2. The number of carbonyl (C=O) groups excluding carboxylic acids is 1. The molecule has 0 saturated carbocycles. The quantitative estimate of drug-likeness (QED) is 0.886. The first-order chi connectivity index (χ1) is 9.15. The van der Waals surface area contributed by atoms with Crippen LogP contribution < -0.4 is 5.69 Å². The number of nitrogens with zero attached hydrogens (tertiary/aromatic N) is 3. The van der Waals surface area contributed by atoms with Gasteiger partial charge in [-0.25, -0.2) is 9.89 Å². The van der Waals surface area contributed by atoms with Crippen LogP contribution >= 0.6 is 11.6 Å². The number of carbonyl (C=O) groups is 1. The van der Waals surface area contributed by atoms with Crippen molar-refractivity contribution in [2.75, 3.05) is 6.54 Å². The molecule has 0 bridgehead atoms. The molecule has 1 aromatic heterocycles. The molecule has 1 amide bonds. The van der Waals surface area contributed by atoms with Gasteiger partial charge in [-0.05, 0) is 17.7 Å². The minimum atomic E-state index is -0.338. The van der Waals surface area contributed by atoms with Crippen molar-refractivity contribution in [1.82, 2.24) is 19.7 Å². The molecule has 3 rings (SSSR count). The van der Waals surface area contributed by atoms with Crippen molar-refractivity contribution < 1.29 is 4.79 Å². The van der Waals surface area contributed by atoms with Crippen LogP contribution in [0.15, 0.2) is 29.1 Å². The van der Waals surface area contributed by atoms with Crippen LogP contribution in [0.5, 0.6) is 0 Å². The fourth-order valence-electron chi connectivity index (χ4n) is 2.11. The maximum Gasteiger partial charge on any atom is 0.343 e. The van der Waals surface area contributed by atoms with E-state index in [-0.39, 0.29) is 17.4 Å². The molecule has 0 unspecified atom stereocenters. The predicted molar refractivity (Wildman–Crippen MR) is 69.0 cm³/mol. The standard InChI is InChI=1S/C12H11ClN4O2/c13-9-3-1-8(2-4-9)7-16-5-6-17-10(11(16)18)14-15-12(17)19/h1-4H,5-7H2,(H,15,19). The Labute approximate surface area is 113 Å². The van der Waals surface area contributed by atoms with Crippen LogP contribution in [0.25, 0.3) is 0 Å². The van der Waals surface area contributed by atoms with Gasteiger partial charge in [0.1, 0.15) is 0 Å². The first kappa shape index (κ1) is 12.0. The van der Waals surface area contributed by atoms with E-state index in [2.05, 4.69) is 10.2 Å². The second-order valence-electron chi connectivity index (χ2n) is 4.36. The van der Waals surface area contributed by atoms with Gasteiger partial charge in [0, 0.05) is 24.7 Å². The van der Waals surface area contributed by atoms with Crippen molar-refractivity contribution in [3.63, 3.8) is 0 Å². The van der Waals surface area contributed by atoms with Gasteiger partial charge >= 0.3 is 5.69 Å². The summed E-state index contributed by atoms with van der Waals surface area (Å²) in [6.07, 6.45) is 0. The number of fused-ring (bicyclic) bond motifs is 1. The van der Waals surface area contributed by atoms with E-state index in [4.69, 9.17) is 11.6 Å². The normalized spacial score (nSPS) is 14.6. The van der Waals surface area contributed by atoms with E-state index in [0.29, 0.717) is 24.7 Å². The fourth-order valence-corrected chi connectivity index (χ4v) is 2.24. The number of hydrogen-bond acceptors (Lipinski definition) is 3. The number of benzene rings is 1. The average Bonchev–Trinajstić information content (AvgIpc) is 2.78. The van der Waals surface area contributed by atoms with Crippen molar-refractivity contribution in [2.45, 2.75) is 13.1 Å². The lowest BCUT2D eigenvalue weighted by molar-refractivity contribution is 0.0681. The summed E-state index contributed by atoms with van der Waals surface area (Å²) in [5, 5.41) is 6.71. The molecule has 1 N–H and O–H groups in total. The zero-order chi connectivity index (χ0) is 13.4. The molecule has 0 spiro atoms. The van der Waals surface area contributed by atoms with Gasteiger partial charge in [-0.15, -0.1) is 5.10 Å². The van der Waals surface area contributed by atoms with Crippen LogP contribution in [0.1, 0.15) is 16.2 Å². The van der Waals surface area contributed by atoms with E-state index in [1.165, 1.54) is 4.57 Å². The molecule has 2 heterocycles. The number of hydrogen-bond donors (Lipinski definition) is 1. The summed E-state index contributed by atoms with van der Waals surface area (Å²) < 4.78 is 1.36. The van der Waals surface area contributed by atoms with Gasteiger partial charge < -0.3 is 4.90 Å². The molecule has 0 atom stereocenters. The summed E-state index contributed by atoms with van der Waals surface area (Å²) >= 11 is 5.82. The van der Waals surface area contributed by atoms with E-state index in [1.807, 2.05) is 12.1 Å². The molecule has 1 aliphatic heterocycles. The van der Waals surface area contributed by atoms with Crippen LogP contribution in [0.3, 0.4) is 0 Å². The van der Waals surface area contributed by atoms with Crippen LogP contribution in [0.4, 0.5) is 0 Å². The van der Waals surface area contributed by atoms with Gasteiger partial charge in [0.15, 0.2) is 0 Å². The number of H-pyrrole nitrogens is 1. The number of nitrogens with one attached hydrogen (secondary N) is 1. The molecular weight excluding hydrogens is 268 g/mol. The van der Waals surface area contributed by atoms with Crippen molar-refractivity contribution in [2.24, 2.45) is 0 Å². The van der Waals surface area contributed by atoms with Gasteiger partial charge in [0.2, 0.25) is 5.82 Å². The Hall–Kier alpha value is -2.08. The third-order valence-electron chi connectivity index (χ3n) is 3.12. The molecule has 0 aliphatic carbocycles. The summed E-state index contributed by atoms with van der Waals surface area (Å²) in [7, 11) is 0. The van der Waals surface area contributed by atoms with Gasteiger partial charge in [0.05, 0.1) is 0 Å². The summed E-state index contributed by atoms with van der Waals surface area (Å²) in [5.74, 6) is -0.0650. The van der Waals surface area contributed by atoms with Gasteiger partial charge in [-0.1, -0.05) is 23.7 Å². The Bertz CT molecular complexity index is 674. The van der Waals surface area contributed by atoms with Crippen molar-refractivity contribution >= 4 is 17.5 Å². The van der Waals surface area contributed by atoms with Crippen molar-refractivity contribution in [1.29, 1.82) is 0 Å². The van der Waals surface area contributed by atoms with E-state index in [1.54, 1.807) is 17.0 Å². The lowest BCUT2D eigenvalue weighted by Crippen LogP contribution is -2.42. The van der Waals surface area contributed by atoms with Gasteiger partial charge in [0.25, 0.3) is 5.91 Å². The molecule has 7 heteroatoms. The summed E-state index contributed by atoms with van der Waals surface area (Å²) in [4.78, 5) is 25.2. The Morgan fingerprint density at radius 3 is 2.68 bits per heavy atom. The van der Waals surface area contributed by atoms with Crippen LogP contribution in [-0.4, -0.2) is 32.1 Å². The number of amides is 1. The monoisotopic (exact) mass is 278 g/mol. The lowest BCUT2D eigenvalue weighted by Gasteiger charge is -2.26. The highest BCUT2D eigenvalue weighted by atomic mass is 35.5. The molecular formula is C12H11ClN4O2. The molecule has 1 aromatic carbocycles. The molecule has 98 valence electrons. The highest BCUT2D eigenvalue weighted by molar-refractivity contribution is 6.30. The number of rotatable bonds is 2. The number of aromatic amines is 1. The second kappa shape index (κ2) is 4.55. The molecule has 19 heavy (non-hydrogen) atoms. The van der Waals surface area contributed by atoms with Crippen LogP contribution in [0.2, 0.25) is 5.02 Å².